The number of nitrogens with zero attached hydrogens (tertiary/aromatic N) is 2. The van der Waals surface area contributed by atoms with Crippen molar-refractivity contribution in [3.8, 4) is 0 Å². The minimum Gasteiger partial charge on any atom is -0.334 e. The van der Waals surface area contributed by atoms with Crippen LogP contribution < -0.4 is 4.31 Å². The molecule has 2 unspecified atom stereocenters. The van der Waals surface area contributed by atoms with Crippen LogP contribution in [0.5, 0.6) is 0 Å². The number of H-pyrrole nitrogens is 1. The van der Waals surface area contributed by atoms with Gasteiger partial charge in [-0.25, -0.2) is 4.98 Å². The van der Waals surface area contributed by atoms with Gasteiger partial charge in [0.1, 0.15) is 0 Å². The molecule has 2 atom stereocenters. The summed E-state index contributed by atoms with van der Waals surface area (Å²) in [5.74, 6) is 0. The number of benzene rings is 1. The fraction of sp³-hybridized carbons (Fsp3) is 0.308. The van der Waals surface area contributed by atoms with Gasteiger partial charge in [0.25, 0.3) is 10.0 Å². The van der Waals surface area contributed by atoms with Crippen molar-refractivity contribution in [2.75, 3.05) is 4.31 Å². The van der Waals surface area contributed by atoms with Crippen LogP contribution in [0.4, 0.5) is 5.69 Å². The van der Waals surface area contributed by atoms with E-state index in [1.54, 1.807) is 11.8 Å². The maximum absolute atomic E-state index is 12.8. The number of hydrogen-bond donors (Lipinski definition) is 1. The van der Waals surface area contributed by atoms with Gasteiger partial charge in [0.15, 0.2) is 5.03 Å². The Hall–Kier alpha value is -1.47. The van der Waals surface area contributed by atoms with Gasteiger partial charge in [-0.15, -0.1) is 11.8 Å². The van der Waals surface area contributed by atoms with Crippen molar-refractivity contribution in [1.29, 1.82) is 0 Å². The lowest BCUT2D eigenvalue weighted by molar-refractivity contribution is 0.573. The number of rotatable bonds is 2. The molecule has 0 spiro atoms. The van der Waals surface area contributed by atoms with Crippen molar-refractivity contribution in [2.24, 2.45) is 0 Å². The molecule has 1 N–H and O–H groups in total. The molecule has 106 valence electrons. The number of sulfonamides is 1. The van der Waals surface area contributed by atoms with Crippen LogP contribution in [0.15, 0.2) is 46.7 Å². The lowest BCUT2D eigenvalue weighted by Gasteiger charge is -2.38. The summed E-state index contributed by atoms with van der Waals surface area (Å²) >= 11 is 1.71. The third-order valence-electron chi connectivity index (χ3n) is 3.47. The minimum atomic E-state index is -3.61. The van der Waals surface area contributed by atoms with Crippen molar-refractivity contribution in [3.05, 3.63) is 36.8 Å². The predicted octanol–water partition coefficient (Wildman–Crippen LogP) is 2.49. The van der Waals surface area contributed by atoms with Crippen LogP contribution >= 0.6 is 11.8 Å². The lowest BCUT2D eigenvalue weighted by atomic mass is 10.2. The predicted molar refractivity (Wildman–Crippen MR) is 79.5 cm³/mol. The number of aromatic amines is 1. The standard InChI is InChI=1S/C13H15N3O2S2/c1-9-10(2)19-12-6-4-3-5-11(12)16(9)20(17,18)13-7-14-8-15-13/h3-10H,1-2H3,(H,14,15). The fourth-order valence-electron chi connectivity index (χ4n) is 2.29. The topological polar surface area (TPSA) is 66.1 Å². The number of aromatic nitrogens is 2. The van der Waals surface area contributed by atoms with Gasteiger partial charge in [0.05, 0.1) is 24.3 Å². The van der Waals surface area contributed by atoms with Crippen molar-refractivity contribution in [1.82, 2.24) is 9.97 Å². The normalized spacial score (nSPS) is 22.6. The summed E-state index contributed by atoms with van der Waals surface area (Å²) in [4.78, 5) is 7.50. The molecule has 0 amide bonds. The van der Waals surface area contributed by atoms with E-state index in [2.05, 4.69) is 9.97 Å². The largest absolute Gasteiger partial charge is 0.334 e. The van der Waals surface area contributed by atoms with Crippen LogP contribution in [0, 0.1) is 0 Å². The average molecular weight is 309 g/mol. The Bertz CT molecular complexity index is 713. The third-order valence-corrected chi connectivity index (χ3v) is 6.67. The molecule has 1 aliphatic heterocycles. The number of para-hydroxylation sites is 1. The van der Waals surface area contributed by atoms with E-state index in [9.17, 15) is 8.42 Å². The number of hydrogen-bond acceptors (Lipinski definition) is 4. The molecule has 20 heavy (non-hydrogen) atoms. The number of fused-ring (bicyclic) bond motifs is 1. The third kappa shape index (κ3) is 2.01. The first-order valence-corrected chi connectivity index (χ1v) is 8.62. The number of thioether (sulfide) groups is 1. The molecular formula is C13H15N3O2S2. The summed E-state index contributed by atoms with van der Waals surface area (Å²) in [6.07, 6.45) is 2.72. The van der Waals surface area contributed by atoms with Crippen LogP contribution in [0.3, 0.4) is 0 Å². The number of nitrogens with one attached hydrogen (secondary N) is 1. The van der Waals surface area contributed by atoms with Crippen LogP contribution in [-0.2, 0) is 10.0 Å². The molecule has 1 aromatic carbocycles. The molecule has 3 rings (SSSR count). The highest BCUT2D eigenvalue weighted by molar-refractivity contribution is 8.00. The average Bonchev–Trinajstić information content (AvgIpc) is 2.94. The van der Waals surface area contributed by atoms with Gasteiger partial charge >= 0.3 is 0 Å². The van der Waals surface area contributed by atoms with Gasteiger partial charge in [0.2, 0.25) is 0 Å². The second kappa shape index (κ2) is 4.82. The van der Waals surface area contributed by atoms with Gasteiger partial charge in [-0.05, 0) is 19.1 Å². The summed E-state index contributed by atoms with van der Waals surface area (Å²) in [6.45, 7) is 3.97. The monoisotopic (exact) mass is 309 g/mol. The molecule has 0 aliphatic carbocycles. The van der Waals surface area contributed by atoms with E-state index in [4.69, 9.17) is 0 Å². The summed E-state index contributed by atoms with van der Waals surface area (Å²) < 4.78 is 27.1. The Labute approximate surface area is 122 Å². The van der Waals surface area contributed by atoms with Gasteiger partial charge in [-0.1, -0.05) is 19.1 Å². The molecular weight excluding hydrogens is 294 g/mol. The molecule has 0 radical (unpaired) electrons. The van der Waals surface area contributed by atoms with E-state index in [0.717, 1.165) is 10.6 Å². The second-order valence-electron chi connectivity index (χ2n) is 4.75. The van der Waals surface area contributed by atoms with Crippen LogP contribution in [-0.4, -0.2) is 29.7 Å². The Kier molecular flexibility index (Phi) is 3.25. The van der Waals surface area contributed by atoms with Crippen molar-refractivity contribution < 1.29 is 8.42 Å². The van der Waals surface area contributed by atoms with Gasteiger partial charge < -0.3 is 4.98 Å². The zero-order valence-corrected chi connectivity index (χ0v) is 12.8. The maximum Gasteiger partial charge on any atom is 0.281 e. The Morgan fingerprint density at radius 1 is 1.30 bits per heavy atom. The number of imidazole rings is 1. The molecule has 0 saturated carbocycles. The summed E-state index contributed by atoms with van der Waals surface area (Å²) in [7, 11) is -3.61. The highest BCUT2D eigenvalue weighted by atomic mass is 32.2. The molecule has 0 saturated heterocycles. The van der Waals surface area contributed by atoms with Gasteiger partial charge in [0, 0.05) is 10.1 Å². The van der Waals surface area contributed by atoms with Crippen molar-refractivity contribution in [2.45, 2.75) is 35.1 Å². The van der Waals surface area contributed by atoms with Crippen LogP contribution in [0.25, 0.3) is 0 Å². The smallest absolute Gasteiger partial charge is 0.281 e. The first-order valence-electron chi connectivity index (χ1n) is 6.30. The Morgan fingerprint density at radius 3 is 2.75 bits per heavy atom. The molecule has 2 aromatic rings. The van der Waals surface area contributed by atoms with Crippen molar-refractivity contribution >= 4 is 27.5 Å². The molecule has 0 fully saturated rings. The Balaban J connectivity index is 2.17. The van der Waals surface area contributed by atoms with Crippen LogP contribution in [0.2, 0.25) is 0 Å². The molecule has 1 aliphatic rings. The second-order valence-corrected chi connectivity index (χ2v) is 7.95. The number of anilines is 1. The van der Waals surface area contributed by atoms with Crippen molar-refractivity contribution in [3.63, 3.8) is 0 Å². The SMILES string of the molecule is CC1Sc2ccccc2N(S(=O)(=O)c2cnc[nH]2)C1C. The Morgan fingerprint density at radius 2 is 2.05 bits per heavy atom. The zero-order valence-electron chi connectivity index (χ0n) is 11.1. The fourth-order valence-corrected chi connectivity index (χ4v) is 5.23. The van der Waals surface area contributed by atoms with Gasteiger partial charge in [-0.3, -0.25) is 4.31 Å². The molecule has 1 aromatic heterocycles. The quantitative estimate of drug-likeness (QED) is 0.925. The van der Waals surface area contributed by atoms with Gasteiger partial charge in [-0.2, -0.15) is 8.42 Å². The van der Waals surface area contributed by atoms with E-state index < -0.39 is 10.0 Å². The molecule has 2 heterocycles. The zero-order chi connectivity index (χ0) is 14.3. The van der Waals surface area contributed by atoms with E-state index in [1.165, 1.54) is 16.8 Å². The summed E-state index contributed by atoms with van der Waals surface area (Å²) in [5, 5.41) is 0.306. The highest BCUT2D eigenvalue weighted by Crippen LogP contribution is 2.43. The van der Waals surface area contributed by atoms with E-state index in [-0.39, 0.29) is 16.3 Å². The molecule has 0 bridgehead atoms. The van der Waals surface area contributed by atoms with Crippen LogP contribution in [0.1, 0.15) is 13.8 Å². The van der Waals surface area contributed by atoms with E-state index in [1.807, 2.05) is 38.1 Å². The minimum absolute atomic E-state index is 0.122. The lowest BCUT2D eigenvalue weighted by Crippen LogP contribution is -2.46. The first kappa shape index (κ1) is 13.5. The van der Waals surface area contributed by atoms with E-state index >= 15 is 0 Å². The molecule has 7 heteroatoms. The highest BCUT2D eigenvalue weighted by Gasteiger charge is 2.38. The summed E-state index contributed by atoms with van der Waals surface area (Å²) in [5.41, 5.74) is 0.734. The molecule has 5 nitrogen and oxygen atoms in total. The maximum atomic E-state index is 12.8. The summed E-state index contributed by atoms with van der Waals surface area (Å²) in [6, 6.07) is 7.46. The first-order chi connectivity index (χ1) is 9.51. The van der Waals surface area contributed by atoms with E-state index in [0.29, 0.717) is 0 Å².